The van der Waals surface area contributed by atoms with E-state index < -0.39 is 0 Å². The summed E-state index contributed by atoms with van der Waals surface area (Å²) in [6.07, 6.45) is 0. The van der Waals surface area contributed by atoms with Gasteiger partial charge >= 0.3 is 0 Å². The van der Waals surface area contributed by atoms with Gasteiger partial charge in [0.1, 0.15) is 5.75 Å². The second-order valence-electron chi connectivity index (χ2n) is 5.39. The van der Waals surface area contributed by atoms with Gasteiger partial charge in [-0.1, -0.05) is 26.0 Å². The second-order valence-corrected chi connectivity index (χ2v) is 5.39. The van der Waals surface area contributed by atoms with E-state index in [0.717, 1.165) is 11.3 Å². The highest BCUT2D eigenvalue weighted by atomic mass is 16.3. The Morgan fingerprint density at radius 1 is 1.48 bits per heavy atom. The Kier molecular flexibility index (Phi) is 4.16. The average molecular weight is 288 g/mol. The lowest BCUT2D eigenvalue weighted by molar-refractivity contribution is 0.0780. The summed E-state index contributed by atoms with van der Waals surface area (Å²) in [5, 5.41) is 16.3. The zero-order chi connectivity index (χ0) is 15.6. The number of nitrogens with one attached hydrogen (secondary N) is 1. The second kappa shape index (κ2) is 5.87. The summed E-state index contributed by atoms with van der Waals surface area (Å²) < 4.78 is 0. The number of phenolic OH excluding ortho intramolecular Hbond substituents is 1. The molecular formula is C15H20N4O2. The molecule has 1 heterocycles. The highest BCUT2D eigenvalue weighted by Crippen LogP contribution is 2.23. The van der Waals surface area contributed by atoms with Gasteiger partial charge in [-0.25, -0.2) is 0 Å². The van der Waals surface area contributed by atoms with Crippen LogP contribution in [-0.4, -0.2) is 33.2 Å². The Morgan fingerprint density at radius 3 is 2.76 bits per heavy atom. The van der Waals surface area contributed by atoms with Crippen molar-refractivity contribution in [3.8, 4) is 5.75 Å². The monoisotopic (exact) mass is 288 g/mol. The minimum atomic E-state index is -0.251. The fraction of sp³-hybridized carbons (Fsp3) is 0.333. The van der Waals surface area contributed by atoms with Crippen molar-refractivity contribution in [2.45, 2.75) is 26.3 Å². The van der Waals surface area contributed by atoms with Gasteiger partial charge in [0.2, 0.25) is 0 Å². The number of aromatic amines is 1. The minimum Gasteiger partial charge on any atom is -0.508 e. The number of phenols is 1. The normalized spacial score (nSPS) is 10.9. The summed E-state index contributed by atoms with van der Waals surface area (Å²) in [4.78, 5) is 13.9. The molecule has 1 aromatic heterocycles. The molecule has 1 amide bonds. The maximum atomic E-state index is 12.4. The van der Waals surface area contributed by atoms with Gasteiger partial charge in [-0.2, -0.15) is 5.10 Å². The molecule has 0 aliphatic carbocycles. The van der Waals surface area contributed by atoms with Crippen LogP contribution in [0.3, 0.4) is 0 Å². The lowest BCUT2D eigenvalue weighted by Crippen LogP contribution is -2.27. The maximum absolute atomic E-state index is 12.4. The third-order valence-corrected chi connectivity index (χ3v) is 3.29. The molecule has 2 rings (SSSR count). The molecule has 0 spiro atoms. The number of benzene rings is 1. The van der Waals surface area contributed by atoms with Gasteiger partial charge in [-0.3, -0.25) is 9.89 Å². The van der Waals surface area contributed by atoms with Crippen molar-refractivity contribution < 1.29 is 9.90 Å². The fourth-order valence-electron chi connectivity index (χ4n) is 2.15. The minimum absolute atomic E-state index is 0.176. The summed E-state index contributed by atoms with van der Waals surface area (Å²) >= 11 is 0. The van der Waals surface area contributed by atoms with Gasteiger partial charge in [0.25, 0.3) is 5.91 Å². The first kappa shape index (κ1) is 14.9. The Morgan fingerprint density at radius 2 is 2.19 bits per heavy atom. The largest absolute Gasteiger partial charge is 0.508 e. The summed E-state index contributed by atoms with van der Waals surface area (Å²) in [7, 11) is 1.68. The lowest BCUT2D eigenvalue weighted by Gasteiger charge is -2.16. The molecule has 6 heteroatoms. The van der Waals surface area contributed by atoms with Crippen LogP contribution < -0.4 is 5.73 Å². The van der Waals surface area contributed by atoms with Crippen LogP contribution in [0.5, 0.6) is 5.75 Å². The molecule has 2 aromatic rings. The van der Waals surface area contributed by atoms with E-state index >= 15 is 0 Å². The number of nitrogens with zero attached hydrogens (tertiary/aromatic N) is 2. The van der Waals surface area contributed by atoms with Crippen LogP contribution in [0.4, 0.5) is 5.69 Å². The van der Waals surface area contributed by atoms with E-state index in [4.69, 9.17) is 5.73 Å². The van der Waals surface area contributed by atoms with Crippen LogP contribution >= 0.6 is 0 Å². The zero-order valence-electron chi connectivity index (χ0n) is 12.4. The van der Waals surface area contributed by atoms with Gasteiger partial charge in [-0.15, -0.1) is 0 Å². The van der Waals surface area contributed by atoms with Gasteiger partial charge in [0.15, 0.2) is 5.69 Å². The molecule has 4 N–H and O–H groups in total. The van der Waals surface area contributed by atoms with Crippen molar-refractivity contribution in [1.29, 1.82) is 0 Å². The van der Waals surface area contributed by atoms with Crippen molar-refractivity contribution >= 4 is 11.6 Å². The number of amides is 1. The number of anilines is 1. The summed E-state index contributed by atoms with van der Waals surface area (Å²) in [6, 6.07) is 6.79. The summed E-state index contributed by atoms with van der Waals surface area (Å²) in [6.45, 7) is 4.33. The highest BCUT2D eigenvalue weighted by molar-refractivity contribution is 5.97. The Bertz CT molecular complexity index is 649. The molecule has 0 saturated carbocycles. The number of carbonyl (C=O) groups is 1. The van der Waals surface area contributed by atoms with Crippen LogP contribution in [0.1, 0.15) is 41.5 Å². The lowest BCUT2D eigenvalue weighted by atomic mass is 10.1. The number of aromatic nitrogens is 2. The van der Waals surface area contributed by atoms with E-state index in [1.807, 2.05) is 19.9 Å². The molecule has 0 unspecified atom stereocenters. The van der Waals surface area contributed by atoms with E-state index in [1.165, 1.54) is 4.90 Å². The Balaban J connectivity index is 2.16. The highest BCUT2D eigenvalue weighted by Gasteiger charge is 2.21. The predicted octanol–water partition coefficient (Wildman–Crippen LogP) is 2.09. The van der Waals surface area contributed by atoms with Gasteiger partial charge in [0.05, 0.1) is 11.4 Å². The number of rotatable bonds is 4. The number of hydrogen-bond acceptors (Lipinski definition) is 4. The SMILES string of the molecule is CC(C)c1[nH]nc(C(=O)N(C)Cc2cccc(O)c2)c1N. The van der Waals surface area contributed by atoms with Crippen molar-refractivity contribution in [3.63, 3.8) is 0 Å². The quantitative estimate of drug-likeness (QED) is 0.802. The number of nitrogen functional groups attached to an aromatic ring is 1. The maximum Gasteiger partial charge on any atom is 0.276 e. The first-order chi connectivity index (χ1) is 9.90. The van der Waals surface area contributed by atoms with E-state index in [0.29, 0.717) is 12.2 Å². The number of aromatic hydroxyl groups is 1. The third-order valence-electron chi connectivity index (χ3n) is 3.29. The molecule has 6 nitrogen and oxygen atoms in total. The van der Waals surface area contributed by atoms with Crippen LogP contribution in [0.2, 0.25) is 0 Å². The van der Waals surface area contributed by atoms with E-state index in [2.05, 4.69) is 10.2 Å². The summed E-state index contributed by atoms with van der Waals surface area (Å²) in [5.74, 6) is 0.101. The fourth-order valence-corrected chi connectivity index (χ4v) is 2.15. The van der Waals surface area contributed by atoms with Crippen LogP contribution in [-0.2, 0) is 6.54 Å². The molecule has 112 valence electrons. The zero-order valence-corrected chi connectivity index (χ0v) is 12.4. The molecule has 0 bridgehead atoms. The smallest absolute Gasteiger partial charge is 0.276 e. The topological polar surface area (TPSA) is 95.2 Å². The number of H-pyrrole nitrogens is 1. The number of hydrogen-bond donors (Lipinski definition) is 3. The molecule has 0 atom stereocenters. The first-order valence-electron chi connectivity index (χ1n) is 6.77. The summed E-state index contributed by atoms with van der Waals surface area (Å²) in [5.41, 5.74) is 8.22. The molecule has 21 heavy (non-hydrogen) atoms. The molecular weight excluding hydrogens is 268 g/mol. The predicted molar refractivity (Wildman–Crippen MR) is 81.0 cm³/mol. The van der Waals surface area contributed by atoms with Crippen molar-refractivity contribution in [1.82, 2.24) is 15.1 Å². The van der Waals surface area contributed by atoms with Crippen LogP contribution in [0.25, 0.3) is 0 Å². The van der Waals surface area contributed by atoms with Crippen molar-refractivity contribution in [3.05, 3.63) is 41.2 Å². The van der Waals surface area contributed by atoms with Crippen LogP contribution in [0, 0.1) is 0 Å². The van der Waals surface area contributed by atoms with Crippen molar-refractivity contribution in [2.24, 2.45) is 0 Å². The molecule has 1 aromatic carbocycles. The molecule has 0 saturated heterocycles. The third kappa shape index (κ3) is 3.16. The van der Waals surface area contributed by atoms with Crippen LogP contribution in [0.15, 0.2) is 24.3 Å². The molecule has 0 fully saturated rings. The number of carbonyl (C=O) groups excluding carboxylic acids is 1. The van der Waals surface area contributed by atoms with Gasteiger partial charge in [-0.05, 0) is 23.6 Å². The first-order valence-corrected chi connectivity index (χ1v) is 6.77. The van der Waals surface area contributed by atoms with Gasteiger partial charge in [0, 0.05) is 13.6 Å². The van der Waals surface area contributed by atoms with Gasteiger partial charge < -0.3 is 15.7 Å². The number of nitrogens with two attached hydrogens (primary N) is 1. The average Bonchev–Trinajstić information content (AvgIpc) is 2.79. The molecule has 0 radical (unpaired) electrons. The van der Waals surface area contributed by atoms with Crippen molar-refractivity contribution in [2.75, 3.05) is 12.8 Å². The van der Waals surface area contributed by atoms with E-state index in [-0.39, 0.29) is 23.3 Å². The Labute approximate surface area is 123 Å². The standard InChI is InChI=1S/C15H20N4O2/c1-9(2)13-12(16)14(18-17-13)15(21)19(3)8-10-5-4-6-11(20)7-10/h4-7,9,20H,8,16H2,1-3H3,(H,17,18). The molecule has 0 aliphatic heterocycles. The van der Waals surface area contributed by atoms with E-state index in [9.17, 15) is 9.90 Å². The molecule has 0 aliphatic rings. The van der Waals surface area contributed by atoms with E-state index in [1.54, 1.807) is 25.2 Å². The Hall–Kier alpha value is -2.50.